The second kappa shape index (κ2) is 8.74. The van der Waals surface area contributed by atoms with Crippen molar-refractivity contribution in [2.24, 2.45) is 5.73 Å². The molecule has 8 heteroatoms. The molecule has 0 aliphatic carbocycles. The summed E-state index contributed by atoms with van der Waals surface area (Å²) in [4.78, 5) is 11.7. The van der Waals surface area contributed by atoms with Crippen LogP contribution >= 0.6 is 0 Å². The minimum atomic E-state index is -1.18. The summed E-state index contributed by atoms with van der Waals surface area (Å²) >= 11 is 0. The van der Waals surface area contributed by atoms with E-state index in [9.17, 15) is 9.90 Å². The van der Waals surface area contributed by atoms with Crippen molar-refractivity contribution in [3.63, 3.8) is 0 Å². The predicted molar refractivity (Wildman–Crippen MR) is 110 cm³/mol. The summed E-state index contributed by atoms with van der Waals surface area (Å²) in [5.41, 5.74) is 7.76. The molecule has 0 aliphatic rings. The summed E-state index contributed by atoms with van der Waals surface area (Å²) < 4.78 is 6.80. The number of hydrogen-bond acceptors (Lipinski definition) is 6. The Morgan fingerprint density at radius 2 is 1.97 bits per heavy atom. The van der Waals surface area contributed by atoms with Crippen LogP contribution in [0.5, 0.6) is 0 Å². The topological polar surface area (TPSA) is 120 Å². The quantitative estimate of drug-likeness (QED) is 0.509. The minimum absolute atomic E-state index is 0.0466. The zero-order chi connectivity index (χ0) is 21.7. The number of nitrogens with two attached hydrogens (primary N) is 1. The average molecular weight is 399 g/mol. The lowest BCUT2D eigenvalue weighted by molar-refractivity contribution is 0.0996. The molecular formula is C22H17N5O3. The number of carbonyl (C=O) groups is 1. The predicted octanol–water partition coefficient (Wildman–Crippen LogP) is 2.15. The number of carbonyl (C=O) groups excluding carboxylic acids is 1. The van der Waals surface area contributed by atoms with Gasteiger partial charge < -0.3 is 15.3 Å². The summed E-state index contributed by atoms with van der Waals surface area (Å²) in [6.07, 6.45) is 6.82. The first-order chi connectivity index (χ1) is 14.5. The SMILES string of the molecule is C#C.Cc1nnc([C@H](O)C#Cc2cccc(-n3nc(C(N)=O)c4ccccc43)c2)o1. The van der Waals surface area contributed by atoms with E-state index in [1.54, 1.807) is 29.8 Å². The zero-order valence-electron chi connectivity index (χ0n) is 16.0. The van der Waals surface area contributed by atoms with Crippen molar-refractivity contribution in [3.05, 3.63) is 71.6 Å². The minimum Gasteiger partial charge on any atom is -0.422 e. The van der Waals surface area contributed by atoms with Gasteiger partial charge in [0.2, 0.25) is 5.89 Å². The van der Waals surface area contributed by atoms with E-state index in [4.69, 9.17) is 10.2 Å². The van der Waals surface area contributed by atoms with Gasteiger partial charge in [-0.3, -0.25) is 4.79 Å². The molecule has 0 saturated heterocycles. The van der Waals surface area contributed by atoms with Crippen molar-refractivity contribution in [2.75, 3.05) is 0 Å². The van der Waals surface area contributed by atoms with Crippen LogP contribution in [0.3, 0.4) is 0 Å². The maximum atomic E-state index is 11.7. The number of aromatic nitrogens is 4. The molecule has 148 valence electrons. The molecule has 0 fully saturated rings. The van der Waals surface area contributed by atoms with Gasteiger partial charge in [-0.1, -0.05) is 36.1 Å². The van der Waals surface area contributed by atoms with Crippen LogP contribution in [0.4, 0.5) is 0 Å². The van der Waals surface area contributed by atoms with Crippen LogP contribution in [-0.4, -0.2) is 31.0 Å². The largest absolute Gasteiger partial charge is 0.422 e. The molecule has 1 atom stereocenters. The lowest BCUT2D eigenvalue weighted by Crippen LogP contribution is -2.12. The first-order valence-corrected chi connectivity index (χ1v) is 8.74. The molecule has 2 aromatic heterocycles. The number of para-hydroxylation sites is 1. The molecule has 4 aromatic rings. The zero-order valence-corrected chi connectivity index (χ0v) is 16.0. The van der Waals surface area contributed by atoms with Crippen LogP contribution in [-0.2, 0) is 0 Å². The van der Waals surface area contributed by atoms with Gasteiger partial charge in [0.25, 0.3) is 11.8 Å². The molecule has 2 aromatic carbocycles. The van der Waals surface area contributed by atoms with Crippen molar-refractivity contribution < 1.29 is 14.3 Å². The third-order valence-corrected chi connectivity index (χ3v) is 4.04. The van der Waals surface area contributed by atoms with Crippen LogP contribution < -0.4 is 5.73 Å². The molecule has 0 saturated carbocycles. The second-order valence-electron chi connectivity index (χ2n) is 6.02. The van der Waals surface area contributed by atoms with E-state index in [0.717, 1.165) is 5.52 Å². The van der Waals surface area contributed by atoms with Crippen LogP contribution in [0.1, 0.15) is 33.9 Å². The summed E-state index contributed by atoms with van der Waals surface area (Å²) in [7, 11) is 0. The summed E-state index contributed by atoms with van der Waals surface area (Å²) in [6.45, 7) is 1.63. The molecule has 1 amide bonds. The Morgan fingerprint density at radius 1 is 1.20 bits per heavy atom. The van der Waals surface area contributed by atoms with E-state index in [1.165, 1.54) is 0 Å². The van der Waals surface area contributed by atoms with Crippen LogP contribution in [0.15, 0.2) is 52.9 Å². The van der Waals surface area contributed by atoms with Gasteiger partial charge in [-0.25, -0.2) is 4.68 Å². The van der Waals surface area contributed by atoms with Crippen molar-refractivity contribution in [2.45, 2.75) is 13.0 Å². The molecule has 30 heavy (non-hydrogen) atoms. The number of hydrogen-bond donors (Lipinski definition) is 2. The molecule has 0 radical (unpaired) electrons. The lowest BCUT2D eigenvalue weighted by atomic mass is 10.2. The number of aliphatic hydroxyl groups excluding tert-OH is 1. The number of amides is 1. The van der Waals surface area contributed by atoms with Gasteiger partial charge in [0.15, 0.2) is 11.8 Å². The Kier molecular flexibility index (Phi) is 5.92. The number of primary amides is 1. The molecular weight excluding hydrogens is 382 g/mol. The van der Waals surface area contributed by atoms with Gasteiger partial charge in [0, 0.05) is 17.9 Å². The normalized spacial score (nSPS) is 11.1. The molecule has 2 heterocycles. The van der Waals surface area contributed by atoms with E-state index in [1.807, 2.05) is 30.3 Å². The number of rotatable bonds is 3. The van der Waals surface area contributed by atoms with Crippen molar-refractivity contribution >= 4 is 16.8 Å². The Labute approximate surface area is 172 Å². The van der Waals surface area contributed by atoms with Crippen LogP contribution in [0.2, 0.25) is 0 Å². The van der Waals surface area contributed by atoms with E-state index < -0.39 is 12.0 Å². The third-order valence-electron chi connectivity index (χ3n) is 4.04. The second-order valence-corrected chi connectivity index (χ2v) is 6.02. The first kappa shape index (κ1) is 20.3. The Morgan fingerprint density at radius 3 is 2.67 bits per heavy atom. The van der Waals surface area contributed by atoms with Gasteiger partial charge in [0.1, 0.15) is 0 Å². The molecule has 0 unspecified atom stereocenters. The maximum absolute atomic E-state index is 11.7. The highest BCUT2D eigenvalue weighted by molar-refractivity contribution is 6.04. The average Bonchev–Trinajstić information content (AvgIpc) is 3.38. The number of benzene rings is 2. The van der Waals surface area contributed by atoms with Gasteiger partial charge in [0.05, 0.1) is 11.2 Å². The summed E-state index contributed by atoms with van der Waals surface area (Å²) in [5.74, 6) is 5.36. The van der Waals surface area contributed by atoms with E-state index in [2.05, 4.69) is 40.0 Å². The van der Waals surface area contributed by atoms with E-state index in [0.29, 0.717) is 22.5 Å². The van der Waals surface area contributed by atoms with E-state index >= 15 is 0 Å². The molecule has 4 rings (SSSR count). The van der Waals surface area contributed by atoms with Gasteiger partial charge in [-0.2, -0.15) is 5.10 Å². The van der Waals surface area contributed by atoms with Gasteiger partial charge in [-0.05, 0) is 24.3 Å². The standard InChI is InChI=1S/C20H15N5O3.C2H2/c1-12-22-23-20(28-12)17(26)10-9-13-5-4-6-14(11-13)25-16-8-3-2-7-15(16)18(24-25)19(21)27;1-2/h2-8,11,17,26H,1H3,(H2,21,27);1-2H/t17-;/m1./s1. The van der Waals surface area contributed by atoms with Gasteiger partial charge >= 0.3 is 0 Å². The van der Waals surface area contributed by atoms with Crippen molar-refractivity contribution in [1.29, 1.82) is 0 Å². The third kappa shape index (κ3) is 4.04. The monoisotopic (exact) mass is 399 g/mol. The van der Waals surface area contributed by atoms with Crippen LogP contribution in [0, 0.1) is 31.6 Å². The molecule has 0 bridgehead atoms. The fourth-order valence-corrected chi connectivity index (χ4v) is 2.80. The Bertz CT molecular complexity index is 1290. The molecule has 3 N–H and O–H groups in total. The Balaban J connectivity index is 0.00000124. The fraction of sp³-hybridized carbons (Fsp3) is 0.0909. The highest BCUT2D eigenvalue weighted by atomic mass is 16.4. The van der Waals surface area contributed by atoms with Gasteiger partial charge in [-0.15, -0.1) is 23.0 Å². The summed E-state index contributed by atoms with van der Waals surface area (Å²) in [5, 5.41) is 22.5. The Hall–Kier alpha value is -4.40. The lowest BCUT2D eigenvalue weighted by Gasteiger charge is -2.04. The van der Waals surface area contributed by atoms with E-state index in [-0.39, 0.29) is 11.6 Å². The molecule has 0 spiro atoms. The number of aliphatic hydroxyl groups is 1. The molecule has 0 aliphatic heterocycles. The first-order valence-electron chi connectivity index (χ1n) is 8.74. The summed E-state index contributed by atoms with van der Waals surface area (Å²) in [6, 6.07) is 14.6. The van der Waals surface area contributed by atoms with Crippen molar-refractivity contribution in [1.82, 2.24) is 20.0 Å². The number of terminal acetylenes is 1. The number of nitrogens with zero attached hydrogens (tertiary/aromatic N) is 4. The highest BCUT2D eigenvalue weighted by Gasteiger charge is 2.15. The van der Waals surface area contributed by atoms with Crippen molar-refractivity contribution in [3.8, 4) is 30.4 Å². The maximum Gasteiger partial charge on any atom is 0.269 e. The number of fused-ring (bicyclic) bond motifs is 1. The number of aryl methyl sites for hydroxylation is 1. The smallest absolute Gasteiger partial charge is 0.269 e. The van der Waals surface area contributed by atoms with Crippen LogP contribution in [0.25, 0.3) is 16.6 Å². The molecule has 8 nitrogen and oxygen atoms in total. The highest BCUT2D eigenvalue weighted by Crippen LogP contribution is 2.22. The fourth-order valence-electron chi connectivity index (χ4n) is 2.80.